The van der Waals surface area contributed by atoms with Gasteiger partial charge >= 0.3 is 6.61 Å². The van der Waals surface area contributed by atoms with Crippen molar-refractivity contribution in [3.8, 4) is 11.5 Å². The molecule has 2 fully saturated rings. The van der Waals surface area contributed by atoms with Crippen LogP contribution in [0, 0.1) is 17.8 Å². The maximum Gasteiger partial charge on any atom is 0.387 e. The molecule has 0 saturated heterocycles. The van der Waals surface area contributed by atoms with Gasteiger partial charge in [0.1, 0.15) is 11.5 Å². The van der Waals surface area contributed by atoms with Crippen LogP contribution in [0.15, 0.2) is 18.2 Å². The van der Waals surface area contributed by atoms with Gasteiger partial charge in [0.15, 0.2) is 0 Å². The maximum absolute atomic E-state index is 12.6. The molecule has 1 aromatic carbocycles. The van der Waals surface area contributed by atoms with Crippen molar-refractivity contribution in [2.75, 3.05) is 7.11 Å². The predicted octanol–water partition coefficient (Wildman–Crippen LogP) is 3.07. The number of rotatable bonds is 6. The molecular weight excluding hydrogens is 342 g/mol. The number of ether oxygens (including phenoxy) is 2. The molecule has 0 heterocycles. The lowest BCUT2D eigenvalue weighted by atomic mass is 9.65. The van der Waals surface area contributed by atoms with Gasteiger partial charge < -0.3 is 20.5 Å². The van der Waals surface area contributed by atoms with Gasteiger partial charge in [-0.2, -0.15) is 8.78 Å². The molecule has 0 aliphatic heterocycles. The summed E-state index contributed by atoms with van der Waals surface area (Å²) < 4.78 is 34.8. The minimum atomic E-state index is -2.92. The number of carbonyl (C=O) groups is 1. The highest BCUT2D eigenvalue weighted by Gasteiger charge is 2.40. The van der Waals surface area contributed by atoms with E-state index in [4.69, 9.17) is 10.5 Å². The van der Waals surface area contributed by atoms with Gasteiger partial charge in [0.25, 0.3) is 0 Å². The van der Waals surface area contributed by atoms with E-state index in [1.165, 1.54) is 19.6 Å². The summed E-state index contributed by atoms with van der Waals surface area (Å²) in [6, 6.07) is 4.78. The third-order valence-electron chi connectivity index (χ3n) is 5.72. The van der Waals surface area contributed by atoms with Crippen molar-refractivity contribution in [1.82, 2.24) is 5.32 Å². The van der Waals surface area contributed by atoms with E-state index >= 15 is 0 Å². The quantitative estimate of drug-likeness (QED) is 0.809. The van der Waals surface area contributed by atoms with Gasteiger partial charge in [0.05, 0.1) is 7.11 Å². The normalized spacial score (nSPS) is 27.9. The van der Waals surface area contributed by atoms with Crippen molar-refractivity contribution >= 4 is 5.91 Å². The number of nitrogens with one attached hydrogen (secondary N) is 1. The standard InChI is InChI=1S/C19H26F2N2O3/c1-25-15-5-6-16(26-19(20)21)14(9-15)10-23-18(24)13-7-11-3-2-4-12(8-13)17(11)22/h5-6,9,11-13,17,19H,2-4,7-8,10,22H2,1H3,(H,23,24). The summed E-state index contributed by atoms with van der Waals surface area (Å²) in [5.41, 5.74) is 6.74. The maximum atomic E-state index is 12.6. The average molecular weight is 368 g/mol. The number of halogens is 2. The van der Waals surface area contributed by atoms with Crippen molar-refractivity contribution in [3.05, 3.63) is 23.8 Å². The number of hydrogen-bond donors (Lipinski definition) is 2. The Hall–Kier alpha value is -1.89. The second-order valence-corrected chi connectivity index (χ2v) is 7.27. The first-order valence-corrected chi connectivity index (χ1v) is 9.13. The molecule has 3 N–H and O–H groups in total. The zero-order valence-corrected chi connectivity index (χ0v) is 14.9. The van der Waals surface area contributed by atoms with Crippen molar-refractivity contribution in [2.45, 2.75) is 51.3 Å². The van der Waals surface area contributed by atoms with Crippen LogP contribution in [0.1, 0.15) is 37.7 Å². The van der Waals surface area contributed by atoms with Crippen LogP contribution >= 0.6 is 0 Å². The monoisotopic (exact) mass is 368 g/mol. The zero-order valence-electron chi connectivity index (χ0n) is 14.9. The van der Waals surface area contributed by atoms with Crippen LogP contribution in [-0.4, -0.2) is 25.7 Å². The summed E-state index contributed by atoms with van der Waals surface area (Å²) >= 11 is 0. The van der Waals surface area contributed by atoms with Crippen LogP contribution < -0.4 is 20.5 Å². The minimum absolute atomic E-state index is 0.0420. The predicted molar refractivity (Wildman–Crippen MR) is 93.0 cm³/mol. The number of hydrogen-bond acceptors (Lipinski definition) is 4. The first-order chi connectivity index (χ1) is 12.5. The second-order valence-electron chi connectivity index (χ2n) is 7.27. The topological polar surface area (TPSA) is 73.6 Å². The van der Waals surface area contributed by atoms with E-state index in [-0.39, 0.29) is 30.2 Å². The summed E-state index contributed by atoms with van der Waals surface area (Å²) in [6.07, 6.45) is 4.98. The number of fused-ring (bicyclic) bond motifs is 2. The molecular formula is C19H26F2N2O3. The third kappa shape index (κ3) is 4.26. The molecule has 1 amide bonds. The summed E-state index contributed by atoms with van der Waals surface area (Å²) in [5.74, 6) is 1.29. The van der Waals surface area contributed by atoms with E-state index in [1.807, 2.05) is 0 Å². The molecule has 0 aromatic heterocycles. The van der Waals surface area contributed by atoms with Gasteiger partial charge in [-0.3, -0.25) is 4.79 Å². The van der Waals surface area contributed by atoms with Crippen LogP contribution in [0.2, 0.25) is 0 Å². The minimum Gasteiger partial charge on any atom is -0.497 e. The molecule has 5 nitrogen and oxygen atoms in total. The smallest absolute Gasteiger partial charge is 0.387 e. The van der Waals surface area contributed by atoms with E-state index < -0.39 is 6.61 Å². The van der Waals surface area contributed by atoms with Crippen molar-refractivity contribution in [3.63, 3.8) is 0 Å². The van der Waals surface area contributed by atoms with Gasteiger partial charge in [-0.05, 0) is 55.7 Å². The highest BCUT2D eigenvalue weighted by atomic mass is 19.3. The fourth-order valence-corrected chi connectivity index (χ4v) is 4.36. The Labute approximate surface area is 152 Å². The molecule has 2 aliphatic rings. The van der Waals surface area contributed by atoms with Crippen molar-refractivity contribution in [1.29, 1.82) is 0 Å². The van der Waals surface area contributed by atoms with E-state index in [2.05, 4.69) is 10.1 Å². The number of methoxy groups -OCH3 is 1. The Morgan fingerprint density at radius 1 is 1.31 bits per heavy atom. The van der Waals surface area contributed by atoms with Gasteiger partial charge in [-0.25, -0.2) is 0 Å². The molecule has 2 aliphatic carbocycles. The lowest BCUT2D eigenvalue weighted by Gasteiger charge is -2.43. The Morgan fingerprint density at radius 3 is 2.62 bits per heavy atom. The summed E-state index contributed by atoms with van der Waals surface area (Å²) in [4.78, 5) is 12.6. The number of alkyl halides is 2. The van der Waals surface area contributed by atoms with Crippen LogP contribution in [-0.2, 0) is 11.3 Å². The first kappa shape index (κ1) is 18.9. The number of benzene rings is 1. The van der Waals surface area contributed by atoms with Crippen molar-refractivity contribution < 1.29 is 23.0 Å². The van der Waals surface area contributed by atoms with Crippen LogP contribution in [0.4, 0.5) is 8.78 Å². The highest BCUT2D eigenvalue weighted by molar-refractivity contribution is 5.79. The van der Waals surface area contributed by atoms with Crippen LogP contribution in [0.3, 0.4) is 0 Å². The molecule has 3 rings (SSSR count). The molecule has 2 bridgehead atoms. The van der Waals surface area contributed by atoms with Crippen LogP contribution in [0.25, 0.3) is 0 Å². The van der Waals surface area contributed by atoms with Crippen molar-refractivity contribution in [2.24, 2.45) is 23.5 Å². The molecule has 7 heteroatoms. The molecule has 0 radical (unpaired) electrons. The number of carbonyl (C=O) groups excluding carboxylic acids is 1. The molecule has 1 aromatic rings. The van der Waals surface area contributed by atoms with Gasteiger partial charge in [0, 0.05) is 24.1 Å². The first-order valence-electron chi connectivity index (χ1n) is 9.13. The Bertz CT molecular complexity index is 627. The lowest BCUT2D eigenvalue weighted by Crippen LogP contribution is -2.49. The fourth-order valence-electron chi connectivity index (χ4n) is 4.36. The molecule has 2 unspecified atom stereocenters. The van der Waals surface area contributed by atoms with E-state index in [0.717, 1.165) is 25.7 Å². The summed E-state index contributed by atoms with van der Waals surface area (Å²) in [5, 5.41) is 2.88. The largest absolute Gasteiger partial charge is 0.497 e. The fraction of sp³-hybridized carbons (Fsp3) is 0.632. The Morgan fingerprint density at radius 2 is 2.00 bits per heavy atom. The molecule has 0 spiro atoms. The van der Waals surface area contributed by atoms with Gasteiger partial charge in [0.2, 0.25) is 5.91 Å². The lowest BCUT2D eigenvalue weighted by molar-refractivity contribution is -0.128. The Balaban J connectivity index is 1.64. The second kappa shape index (κ2) is 8.20. The molecule has 26 heavy (non-hydrogen) atoms. The van der Waals surface area contributed by atoms with E-state index in [0.29, 0.717) is 23.1 Å². The third-order valence-corrected chi connectivity index (χ3v) is 5.72. The average Bonchev–Trinajstić information content (AvgIpc) is 2.60. The van der Waals surface area contributed by atoms with Crippen LogP contribution in [0.5, 0.6) is 11.5 Å². The molecule has 144 valence electrons. The Kier molecular flexibility index (Phi) is 5.96. The SMILES string of the molecule is COc1ccc(OC(F)F)c(CNC(=O)C2CC3CCCC(C2)C3N)c1. The molecule has 2 atom stereocenters. The zero-order chi connectivity index (χ0) is 18.7. The van der Waals surface area contributed by atoms with E-state index in [9.17, 15) is 13.6 Å². The highest BCUT2D eigenvalue weighted by Crippen LogP contribution is 2.42. The van der Waals surface area contributed by atoms with E-state index in [1.54, 1.807) is 12.1 Å². The summed E-state index contributed by atoms with van der Waals surface area (Å²) in [7, 11) is 1.50. The summed E-state index contributed by atoms with van der Waals surface area (Å²) in [6.45, 7) is -2.80. The molecule has 2 saturated carbocycles. The van der Waals surface area contributed by atoms with Gasteiger partial charge in [-0.15, -0.1) is 0 Å². The van der Waals surface area contributed by atoms with Gasteiger partial charge in [-0.1, -0.05) is 6.42 Å². The number of nitrogens with two attached hydrogens (primary N) is 1. The number of amides is 1.